The molecule has 13 nitrogen and oxygen atoms in total. The van der Waals surface area contributed by atoms with Gasteiger partial charge >= 0.3 is 6.09 Å². The molecule has 0 aromatic heterocycles. The number of benzene rings is 1. The highest BCUT2D eigenvalue weighted by Gasteiger charge is 2.48. The van der Waals surface area contributed by atoms with E-state index in [1.807, 2.05) is 31.2 Å². The van der Waals surface area contributed by atoms with Gasteiger partial charge in [0.25, 0.3) is 0 Å². The Labute approximate surface area is 302 Å². The lowest BCUT2D eigenvalue weighted by atomic mass is 9.82. The topological polar surface area (TPSA) is 150 Å². The Hall–Kier alpha value is -3.42. The Kier molecular flexibility index (Phi) is 13.2. The van der Waals surface area contributed by atoms with Crippen LogP contribution in [0.1, 0.15) is 91.2 Å². The maximum atomic E-state index is 14.9. The number of nitrogens with one attached hydrogen (secondary N) is 2. The van der Waals surface area contributed by atoms with Crippen LogP contribution in [0.15, 0.2) is 24.3 Å². The van der Waals surface area contributed by atoms with Crippen LogP contribution in [-0.2, 0) is 23.9 Å². The summed E-state index contributed by atoms with van der Waals surface area (Å²) in [5.41, 5.74) is 0.218. The summed E-state index contributed by atoms with van der Waals surface area (Å²) in [7, 11) is 0. The molecule has 51 heavy (non-hydrogen) atoms. The first-order chi connectivity index (χ1) is 24.4. The van der Waals surface area contributed by atoms with E-state index < -0.39 is 29.6 Å². The second-order valence-corrected chi connectivity index (χ2v) is 15.6. The first-order valence-electron chi connectivity index (χ1n) is 18.9. The zero-order chi connectivity index (χ0) is 36.7. The van der Waals surface area contributed by atoms with Crippen molar-refractivity contribution in [3.63, 3.8) is 0 Å². The summed E-state index contributed by atoms with van der Waals surface area (Å²) in [6.45, 7) is 12.5. The fourth-order valence-electron chi connectivity index (χ4n) is 8.11. The molecule has 0 unspecified atom stereocenters. The maximum Gasteiger partial charge on any atom is 0.407 e. The van der Waals surface area contributed by atoms with Crippen molar-refractivity contribution in [2.75, 3.05) is 52.6 Å². The molecule has 1 saturated carbocycles. The van der Waals surface area contributed by atoms with E-state index in [4.69, 9.17) is 14.2 Å². The zero-order valence-corrected chi connectivity index (χ0v) is 31.1. The number of ether oxygens (including phenoxy) is 3. The molecular weight excluding hydrogens is 654 g/mol. The fraction of sp³-hybridized carbons (Fsp3) is 0.737. The fourth-order valence-corrected chi connectivity index (χ4v) is 8.11. The molecule has 3 N–H and O–H groups in total. The van der Waals surface area contributed by atoms with Crippen LogP contribution in [0.4, 0.5) is 4.79 Å². The van der Waals surface area contributed by atoms with E-state index in [-0.39, 0.29) is 48.4 Å². The summed E-state index contributed by atoms with van der Waals surface area (Å²) in [6.07, 6.45) is 4.79. The summed E-state index contributed by atoms with van der Waals surface area (Å²) < 4.78 is 17.5. The van der Waals surface area contributed by atoms with Crippen LogP contribution < -0.4 is 15.4 Å². The van der Waals surface area contributed by atoms with Crippen molar-refractivity contribution in [2.24, 2.45) is 11.8 Å². The van der Waals surface area contributed by atoms with E-state index in [1.54, 1.807) is 32.6 Å². The number of piperazine rings is 1. The Morgan fingerprint density at radius 1 is 1.04 bits per heavy atom. The minimum Gasteiger partial charge on any atom is -0.493 e. The lowest BCUT2D eigenvalue weighted by molar-refractivity contribution is -0.150. The molecule has 13 heteroatoms. The van der Waals surface area contributed by atoms with Gasteiger partial charge in [-0.25, -0.2) is 4.79 Å². The number of carbonyl (C=O) groups is 4. The van der Waals surface area contributed by atoms with Crippen LogP contribution in [0.3, 0.4) is 0 Å². The smallest absolute Gasteiger partial charge is 0.407 e. The van der Waals surface area contributed by atoms with Crippen molar-refractivity contribution < 1.29 is 38.5 Å². The number of amides is 4. The number of carboxylic acid groups (broad SMARTS) is 1. The average Bonchev–Trinajstić information content (AvgIpc) is 3.52. The number of rotatable bonds is 13. The predicted octanol–water partition coefficient (Wildman–Crippen LogP) is 3.81. The standard InChI is InChI=1S/C38H59N5O8/c1-6-49-18-19-50-28-20-27-22-42(31(24-41(27)23-28)35(45)39-30-16-17-51-32-15-11-10-14-29(30)32)36(46)33(26-12-8-7-9-13-26)40-34(44)25(2)21-43(37(47)48)38(3,4)5/h10-11,14-15,25-28,30-31,33H,6-9,12-13,16-24H2,1-5H3,(H,39,45)(H,40,44)(H,47,48)/t25-,27+,28+,30+,31-,33-/m0/s1. The van der Waals surface area contributed by atoms with E-state index in [1.165, 1.54) is 4.90 Å². The Morgan fingerprint density at radius 3 is 2.49 bits per heavy atom. The van der Waals surface area contributed by atoms with Gasteiger partial charge in [0, 0.05) is 56.4 Å². The van der Waals surface area contributed by atoms with Gasteiger partial charge in [0.15, 0.2) is 0 Å². The van der Waals surface area contributed by atoms with E-state index in [9.17, 15) is 24.3 Å². The number of nitrogens with zero attached hydrogens (tertiary/aromatic N) is 3. The lowest BCUT2D eigenvalue weighted by Crippen LogP contribution is -2.66. The molecule has 6 atom stereocenters. The molecule has 1 aromatic carbocycles. The molecule has 3 aliphatic heterocycles. The Bertz CT molecular complexity index is 1360. The van der Waals surface area contributed by atoms with Gasteiger partial charge in [0.05, 0.1) is 37.9 Å². The predicted molar refractivity (Wildman–Crippen MR) is 191 cm³/mol. The highest BCUT2D eigenvalue weighted by atomic mass is 16.5. The van der Waals surface area contributed by atoms with Crippen LogP contribution in [-0.4, -0.2) is 126 Å². The molecule has 0 spiro atoms. The van der Waals surface area contributed by atoms with Gasteiger partial charge in [-0.3, -0.25) is 19.3 Å². The van der Waals surface area contributed by atoms with Crippen molar-refractivity contribution in [2.45, 2.75) is 115 Å². The first kappa shape index (κ1) is 38.8. The molecule has 0 bridgehead atoms. The van der Waals surface area contributed by atoms with Gasteiger partial charge < -0.3 is 39.8 Å². The molecule has 4 aliphatic rings. The molecule has 2 saturated heterocycles. The summed E-state index contributed by atoms with van der Waals surface area (Å²) in [4.78, 5) is 60.4. The zero-order valence-electron chi connectivity index (χ0n) is 31.1. The van der Waals surface area contributed by atoms with Crippen LogP contribution in [0, 0.1) is 11.8 Å². The SMILES string of the molecule is CCOCCO[C@@H]1C[C@@H]2CN(C(=O)[C@@H](NC(=O)[C@@H](C)CN(C(=O)O)C(C)(C)C)C3CCCCC3)[C@H](C(=O)N[C@@H]3CCOc4ccccc43)CN2C1. The quantitative estimate of drug-likeness (QED) is 0.260. The highest BCUT2D eigenvalue weighted by molar-refractivity contribution is 5.93. The molecule has 0 radical (unpaired) electrons. The molecule has 1 aliphatic carbocycles. The second kappa shape index (κ2) is 17.4. The van der Waals surface area contributed by atoms with Gasteiger partial charge in [-0.05, 0) is 58.9 Å². The number of fused-ring (bicyclic) bond motifs is 2. The van der Waals surface area contributed by atoms with Gasteiger partial charge in [-0.15, -0.1) is 0 Å². The van der Waals surface area contributed by atoms with Crippen molar-refractivity contribution in [3.05, 3.63) is 29.8 Å². The molecule has 1 aromatic rings. The molecule has 5 rings (SSSR count). The summed E-state index contributed by atoms with van der Waals surface area (Å²) in [5.74, 6) is -0.859. The summed E-state index contributed by atoms with van der Waals surface area (Å²) >= 11 is 0. The van der Waals surface area contributed by atoms with E-state index in [0.717, 1.165) is 49.8 Å². The van der Waals surface area contributed by atoms with E-state index in [0.29, 0.717) is 52.5 Å². The van der Waals surface area contributed by atoms with E-state index in [2.05, 4.69) is 15.5 Å². The van der Waals surface area contributed by atoms with Gasteiger partial charge in [0.1, 0.15) is 17.8 Å². The summed E-state index contributed by atoms with van der Waals surface area (Å²) in [5, 5.41) is 16.2. The van der Waals surface area contributed by atoms with Gasteiger partial charge in [-0.1, -0.05) is 44.4 Å². The van der Waals surface area contributed by atoms with Gasteiger partial charge in [0.2, 0.25) is 17.7 Å². The first-order valence-corrected chi connectivity index (χ1v) is 18.9. The molecule has 4 amide bonds. The highest BCUT2D eigenvalue weighted by Crippen LogP contribution is 2.34. The molecule has 284 valence electrons. The van der Waals surface area contributed by atoms with Crippen molar-refractivity contribution in [1.29, 1.82) is 0 Å². The molecular formula is C38H59N5O8. The Morgan fingerprint density at radius 2 is 1.78 bits per heavy atom. The average molecular weight is 714 g/mol. The minimum atomic E-state index is -1.10. The number of carbonyl (C=O) groups excluding carboxylic acids is 3. The van der Waals surface area contributed by atoms with Crippen molar-refractivity contribution in [3.8, 4) is 5.75 Å². The third-order valence-corrected chi connectivity index (χ3v) is 11.0. The Balaban J connectivity index is 1.38. The lowest BCUT2D eigenvalue weighted by Gasteiger charge is -2.45. The maximum absolute atomic E-state index is 14.9. The largest absolute Gasteiger partial charge is 0.493 e. The van der Waals surface area contributed by atoms with E-state index >= 15 is 0 Å². The van der Waals surface area contributed by atoms with Crippen LogP contribution >= 0.6 is 0 Å². The monoisotopic (exact) mass is 713 g/mol. The van der Waals surface area contributed by atoms with Crippen LogP contribution in [0.5, 0.6) is 5.75 Å². The van der Waals surface area contributed by atoms with Crippen molar-refractivity contribution >= 4 is 23.8 Å². The van der Waals surface area contributed by atoms with Crippen LogP contribution in [0.2, 0.25) is 0 Å². The third kappa shape index (κ3) is 9.72. The normalized spacial score (nSPS) is 25.2. The summed E-state index contributed by atoms with van der Waals surface area (Å²) in [6, 6.07) is 5.88. The number of para-hydroxylation sites is 1. The second-order valence-electron chi connectivity index (χ2n) is 15.6. The molecule has 3 fully saturated rings. The van der Waals surface area contributed by atoms with Crippen LogP contribution in [0.25, 0.3) is 0 Å². The number of hydrogen-bond donors (Lipinski definition) is 3. The van der Waals surface area contributed by atoms with Crippen molar-refractivity contribution in [1.82, 2.24) is 25.3 Å². The number of hydrogen-bond acceptors (Lipinski definition) is 8. The molecule has 3 heterocycles. The third-order valence-electron chi connectivity index (χ3n) is 11.0. The minimum absolute atomic E-state index is 0.000710. The van der Waals surface area contributed by atoms with Gasteiger partial charge in [-0.2, -0.15) is 0 Å².